The van der Waals surface area contributed by atoms with Crippen molar-refractivity contribution < 1.29 is 14.0 Å². The molecule has 1 aromatic carbocycles. The second-order valence-corrected chi connectivity index (χ2v) is 4.91. The first-order valence-corrected chi connectivity index (χ1v) is 6.17. The van der Waals surface area contributed by atoms with E-state index in [1.54, 1.807) is 6.08 Å². The summed E-state index contributed by atoms with van der Waals surface area (Å²) in [6.45, 7) is 1.91. The Morgan fingerprint density at radius 3 is 2.74 bits per heavy atom. The molecule has 0 bridgehead atoms. The molecule has 0 aromatic heterocycles. The van der Waals surface area contributed by atoms with E-state index in [-0.39, 0.29) is 5.56 Å². The summed E-state index contributed by atoms with van der Waals surface area (Å²) in [6.07, 6.45) is 4.35. The number of rotatable bonds is 2. The SMILES string of the molecule is CC1=CC(=C=O)c2cc(F)c(C=O)cc2N1C1CC1. The number of hydrogen-bond donors (Lipinski definition) is 0. The monoisotopic (exact) mass is 257 g/mol. The molecule has 1 aliphatic carbocycles. The maximum absolute atomic E-state index is 13.7. The number of hydrogen-bond acceptors (Lipinski definition) is 3. The highest BCUT2D eigenvalue weighted by Crippen LogP contribution is 2.42. The summed E-state index contributed by atoms with van der Waals surface area (Å²) < 4.78 is 13.7. The summed E-state index contributed by atoms with van der Waals surface area (Å²) >= 11 is 0. The van der Waals surface area contributed by atoms with Crippen LogP contribution in [0.15, 0.2) is 23.9 Å². The Morgan fingerprint density at radius 2 is 2.16 bits per heavy atom. The standard InChI is InChI=1S/C15H12FNO2/c1-9-4-10(7-18)13-6-14(16)11(8-19)5-15(13)17(9)12-2-3-12/h4-6,8,12H,2-3H2,1H3. The van der Waals surface area contributed by atoms with Gasteiger partial charge in [0.2, 0.25) is 0 Å². The van der Waals surface area contributed by atoms with Crippen LogP contribution in [-0.2, 0) is 4.79 Å². The van der Waals surface area contributed by atoms with Crippen molar-refractivity contribution in [1.29, 1.82) is 0 Å². The zero-order valence-electron chi connectivity index (χ0n) is 10.4. The Hall–Kier alpha value is -2.19. The molecule has 19 heavy (non-hydrogen) atoms. The van der Waals surface area contributed by atoms with Crippen molar-refractivity contribution in [2.75, 3.05) is 4.90 Å². The van der Waals surface area contributed by atoms with Crippen LogP contribution in [0.25, 0.3) is 5.57 Å². The number of carbonyl (C=O) groups is 1. The van der Waals surface area contributed by atoms with E-state index < -0.39 is 5.82 Å². The topological polar surface area (TPSA) is 37.4 Å². The molecule has 2 aliphatic rings. The van der Waals surface area contributed by atoms with E-state index in [2.05, 4.69) is 4.90 Å². The van der Waals surface area contributed by atoms with E-state index in [0.29, 0.717) is 23.5 Å². The van der Waals surface area contributed by atoms with Gasteiger partial charge in [0.25, 0.3) is 0 Å². The van der Waals surface area contributed by atoms with Gasteiger partial charge in [-0.3, -0.25) is 4.79 Å². The van der Waals surface area contributed by atoms with Crippen LogP contribution in [-0.4, -0.2) is 18.3 Å². The molecule has 1 aliphatic heterocycles. The zero-order chi connectivity index (χ0) is 13.6. The molecule has 0 atom stereocenters. The summed E-state index contributed by atoms with van der Waals surface area (Å²) in [5.41, 5.74) is 2.52. The van der Waals surface area contributed by atoms with E-state index in [1.807, 2.05) is 12.9 Å². The van der Waals surface area contributed by atoms with Gasteiger partial charge in [0.15, 0.2) is 6.29 Å². The van der Waals surface area contributed by atoms with Crippen molar-refractivity contribution in [1.82, 2.24) is 0 Å². The Morgan fingerprint density at radius 1 is 1.42 bits per heavy atom. The number of halogens is 1. The van der Waals surface area contributed by atoms with Gasteiger partial charge in [-0.1, -0.05) is 0 Å². The van der Waals surface area contributed by atoms with Crippen molar-refractivity contribution in [2.24, 2.45) is 0 Å². The normalized spacial score (nSPS) is 17.7. The van der Waals surface area contributed by atoms with Crippen LogP contribution in [0.4, 0.5) is 10.1 Å². The van der Waals surface area contributed by atoms with Crippen molar-refractivity contribution in [3.63, 3.8) is 0 Å². The lowest BCUT2D eigenvalue weighted by molar-refractivity contribution is 0.112. The zero-order valence-corrected chi connectivity index (χ0v) is 10.4. The molecule has 3 rings (SSSR count). The maximum atomic E-state index is 13.7. The minimum atomic E-state index is -0.606. The molecule has 96 valence electrons. The fourth-order valence-electron chi connectivity index (χ4n) is 2.53. The first-order valence-electron chi connectivity index (χ1n) is 6.17. The number of fused-ring (bicyclic) bond motifs is 1. The number of benzene rings is 1. The van der Waals surface area contributed by atoms with Gasteiger partial charge in [-0.05, 0) is 38.0 Å². The summed E-state index contributed by atoms with van der Waals surface area (Å²) in [6, 6.07) is 3.15. The molecular formula is C15H12FNO2. The number of nitrogens with zero attached hydrogens (tertiary/aromatic N) is 1. The lowest BCUT2D eigenvalue weighted by atomic mass is 9.96. The quantitative estimate of drug-likeness (QED) is 0.604. The van der Waals surface area contributed by atoms with Gasteiger partial charge in [-0.2, -0.15) is 0 Å². The molecule has 0 N–H and O–H groups in total. The summed E-state index contributed by atoms with van der Waals surface area (Å²) in [5, 5.41) is 0. The largest absolute Gasteiger partial charge is 0.342 e. The molecule has 0 spiro atoms. The minimum absolute atomic E-state index is 0.0179. The molecule has 1 saturated carbocycles. The van der Waals surface area contributed by atoms with Gasteiger partial charge in [0.05, 0.1) is 16.8 Å². The van der Waals surface area contributed by atoms with Crippen LogP contribution in [0, 0.1) is 5.82 Å². The van der Waals surface area contributed by atoms with E-state index >= 15 is 0 Å². The lowest BCUT2D eigenvalue weighted by Gasteiger charge is -2.31. The summed E-state index contributed by atoms with van der Waals surface area (Å²) in [4.78, 5) is 24.0. The molecule has 1 aromatic rings. The van der Waals surface area contributed by atoms with Crippen molar-refractivity contribution >= 4 is 23.5 Å². The fraction of sp³-hybridized carbons (Fsp3) is 0.267. The Bertz CT molecular complexity index is 652. The van der Waals surface area contributed by atoms with Gasteiger partial charge >= 0.3 is 0 Å². The Kier molecular flexibility index (Phi) is 2.61. The average molecular weight is 257 g/mol. The number of aldehydes is 1. The molecular weight excluding hydrogens is 245 g/mol. The predicted octanol–water partition coefficient (Wildman–Crippen LogP) is 2.74. The third-order valence-corrected chi connectivity index (χ3v) is 3.55. The minimum Gasteiger partial charge on any atom is -0.342 e. The van der Waals surface area contributed by atoms with Gasteiger partial charge in [0, 0.05) is 17.3 Å². The first kappa shape index (κ1) is 11.9. The fourth-order valence-corrected chi connectivity index (χ4v) is 2.53. The number of allylic oxidation sites excluding steroid dienone is 3. The van der Waals surface area contributed by atoms with Crippen molar-refractivity contribution in [2.45, 2.75) is 25.8 Å². The van der Waals surface area contributed by atoms with Crippen molar-refractivity contribution in [3.05, 3.63) is 40.8 Å². The molecule has 0 radical (unpaired) electrons. The lowest BCUT2D eigenvalue weighted by Crippen LogP contribution is -2.27. The molecule has 0 amide bonds. The average Bonchev–Trinajstić information content (AvgIpc) is 3.22. The van der Waals surface area contributed by atoms with Gasteiger partial charge in [0.1, 0.15) is 11.8 Å². The maximum Gasteiger partial charge on any atom is 0.153 e. The third-order valence-electron chi connectivity index (χ3n) is 3.55. The molecule has 3 nitrogen and oxygen atoms in total. The second kappa shape index (κ2) is 4.18. The van der Waals surface area contributed by atoms with Gasteiger partial charge < -0.3 is 4.90 Å². The molecule has 0 unspecified atom stereocenters. The van der Waals surface area contributed by atoms with E-state index in [9.17, 15) is 14.0 Å². The molecule has 4 heteroatoms. The van der Waals surface area contributed by atoms with Gasteiger partial charge in [-0.25, -0.2) is 9.18 Å². The van der Waals surface area contributed by atoms with Crippen LogP contribution in [0.5, 0.6) is 0 Å². The van der Waals surface area contributed by atoms with Crippen LogP contribution >= 0.6 is 0 Å². The highest BCUT2D eigenvalue weighted by molar-refractivity contribution is 6.01. The highest BCUT2D eigenvalue weighted by atomic mass is 19.1. The Labute approximate surface area is 110 Å². The predicted molar refractivity (Wildman–Crippen MR) is 70.1 cm³/mol. The van der Waals surface area contributed by atoms with Gasteiger partial charge in [-0.15, -0.1) is 0 Å². The first-order chi connectivity index (χ1) is 9.15. The molecule has 1 fully saturated rings. The summed E-state index contributed by atoms with van der Waals surface area (Å²) in [7, 11) is 0. The van der Waals surface area contributed by atoms with Crippen LogP contribution in [0.1, 0.15) is 35.7 Å². The van der Waals surface area contributed by atoms with Crippen LogP contribution in [0.2, 0.25) is 0 Å². The third kappa shape index (κ3) is 1.81. The van der Waals surface area contributed by atoms with Crippen LogP contribution in [0.3, 0.4) is 0 Å². The number of carbonyl (C=O) groups excluding carboxylic acids is 2. The summed E-state index contributed by atoms with van der Waals surface area (Å²) in [5.74, 6) is 1.24. The second-order valence-electron chi connectivity index (χ2n) is 4.91. The van der Waals surface area contributed by atoms with E-state index in [4.69, 9.17) is 0 Å². The molecule has 0 saturated heterocycles. The van der Waals surface area contributed by atoms with E-state index in [0.717, 1.165) is 24.2 Å². The number of anilines is 1. The van der Waals surface area contributed by atoms with Crippen LogP contribution < -0.4 is 4.90 Å². The van der Waals surface area contributed by atoms with E-state index in [1.165, 1.54) is 12.1 Å². The Balaban J connectivity index is 2.25. The smallest absolute Gasteiger partial charge is 0.153 e. The van der Waals surface area contributed by atoms with Crippen molar-refractivity contribution in [3.8, 4) is 0 Å². The highest BCUT2D eigenvalue weighted by Gasteiger charge is 2.34. The molecule has 1 heterocycles.